The first-order valence-corrected chi connectivity index (χ1v) is 12.9. The zero-order valence-corrected chi connectivity index (χ0v) is 19.4. The Labute approximate surface area is 184 Å². The van der Waals surface area contributed by atoms with Gasteiger partial charge in [0.1, 0.15) is 17.7 Å². The van der Waals surface area contributed by atoms with Gasteiger partial charge in [-0.25, -0.2) is 4.98 Å². The Morgan fingerprint density at radius 1 is 1.42 bits per heavy atom. The molecule has 0 radical (unpaired) electrons. The quantitative estimate of drug-likeness (QED) is 0.500. The fraction of sp³-hybridized carbons (Fsp3) is 0.684. The molecule has 5 rings (SSSR count). The van der Waals surface area contributed by atoms with Crippen LogP contribution in [0.1, 0.15) is 33.2 Å². The van der Waals surface area contributed by atoms with Crippen LogP contribution in [-0.4, -0.2) is 62.7 Å². The van der Waals surface area contributed by atoms with Gasteiger partial charge in [-0.3, -0.25) is 9.36 Å². The second kappa shape index (κ2) is 6.71. The molecule has 1 aliphatic heterocycles. The predicted molar refractivity (Wildman–Crippen MR) is 113 cm³/mol. The maximum absolute atomic E-state index is 13.5. The molecule has 12 heteroatoms. The summed E-state index contributed by atoms with van der Waals surface area (Å²) in [6, 6.07) is -0.255. The first-order valence-electron chi connectivity index (χ1n) is 10.2. The van der Waals surface area contributed by atoms with Gasteiger partial charge in [-0.2, -0.15) is 9.97 Å². The van der Waals surface area contributed by atoms with Crippen molar-refractivity contribution in [2.75, 3.05) is 25.2 Å². The van der Waals surface area contributed by atoms with Gasteiger partial charge in [0.2, 0.25) is 12.7 Å². The summed E-state index contributed by atoms with van der Waals surface area (Å²) in [4.78, 5) is 26.1. The molecule has 1 saturated heterocycles. The summed E-state index contributed by atoms with van der Waals surface area (Å²) in [5.41, 5.74) is 6.13. The number of ketones is 1. The van der Waals surface area contributed by atoms with Gasteiger partial charge >= 0.3 is 0 Å². The van der Waals surface area contributed by atoms with Gasteiger partial charge < -0.3 is 24.3 Å². The molecule has 168 valence electrons. The molecular formula is C19H25ClN5O5P. The molecule has 6 atom stereocenters. The van der Waals surface area contributed by atoms with Gasteiger partial charge in [-0.15, -0.1) is 0 Å². The van der Waals surface area contributed by atoms with Crippen molar-refractivity contribution < 1.29 is 23.4 Å². The van der Waals surface area contributed by atoms with Gasteiger partial charge in [0.05, 0.1) is 30.6 Å². The number of rotatable bonds is 6. The third-order valence-corrected chi connectivity index (χ3v) is 8.37. The number of carbonyl (C=O) groups excluding carboxylic acids is 1. The van der Waals surface area contributed by atoms with E-state index in [0.717, 1.165) is 0 Å². The summed E-state index contributed by atoms with van der Waals surface area (Å²) in [5.74, 6) is -0.840. The van der Waals surface area contributed by atoms with Gasteiger partial charge in [0, 0.05) is 6.66 Å². The standard InChI is InChI=1S/C19H25ClN5O5P/c1-5-28-31(4,27)7-10(26)19-6-9(19)12(13-14(19)30-18(2,3)29-13)25-8-22-11-15(21)23-17(20)24-16(11)25/h8-9,12-14H,5-7H2,1-4H3,(H2,21,23,24)/t9-,12-,13+,14+,19-,31?/m1/s1. The molecule has 2 N–H and O–H groups in total. The number of carbonyl (C=O) groups is 1. The summed E-state index contributed by atoms with van der Waals surface area (Å²) >= 11 is 6.04. The van der Waals surface area contributed by atoms with Crippen LogP contribution in [0, 0.1) is 11.3 Å². The highest BCUT2D eigenvalue weighted by Gasteiger charge is 2.79. The molecule has 31 heavy (non-hydrogen) atoms. The van der Waals surface area contributed by atoms with E-state index < -0.39 is 30.8 Å². The molecule has 10 nitrogen and oxygen atoms in total. The van der Waals surface area contributed by atoms with Crippen molar-refractivity contribution >= 4 is 41.7 Å². The molecule has 2 aliphatic carbocycles. The lowest BCUT2D eigenvalue weighted by molar-refractivity contribution is -0.163. The van der Waals surface area contributed by atoms with Crippen LogP contribution in [0.2, 0.25) is 5.28 Å². The van der Waals surface area contributed by atoms with Crippen molar-refractivity contribution in [1.29, 1.82) is 0 Å². The molecule has 3 aliphatic rings. The summed E-state index contributed by atoms with van der Waals surface area (Å²) in [7, 11) is -3.04. The fourth-order valence-electron chi connectivity index (χ4n) is 5.41. The van der Waals surface area contributed by atoms with Crippen molar-refractivity contribution in [3.05, 3.63) is 11.6 Å². The Bertz CT molecular complexity index is 1140. The average molecular weight is 470 g/mol. The lowest BCUT2D eigenvalue weighted by Crippen LogP contribution is -2.37. The third kappa shape index (κ3) is 3.15. The van der Waals surface area contributed by atoms with E-state index in [1.165, 1.54) is 6.66 Å². The minimum atomic E-state index is -3.04. The molecule has 2 saturated carbocycles. The number of nitrogen functional groups attached to an aromatic ring is 1. The normalized spacial score (nSPS) is 35.0. The molecule has 0 aromatic carbocycles. The zero-order chi connectivity index (χ0) is 22.3. The highest BCUT2D eigenvalue weighted by Crippen LogP contribution is 2.72. The summed E-state index contributed by atoms with van der Waals surface area (Å²) in [6.07, 6.45) is 1.26. The lowest BCUT2D eigenvalue weighted by Gasteiger charge is -2.24. The Morgan fingerprint density at radius 3 is 2.87 bits per heavy atom. The van der Waals surface area contributed by atoms with Gasteiger partial charge in [-0.05, 0) is 44.7 Å². The second-order valence-electron chi connectivity index (χ2n) is 9.08. The minimum absolute atomic E-state index is 0.0204. The Kier molecular flexibility index (Phi) is 4.61. The number of nitrogens with zero attached hydrogens (tertiary/aromatic N) is 4. The number of hydrogen-bond donors (Lipinski definition) is 1. The van der Waals surface area contributed by atoms with Gasteiger partial charge in [0.15, 0.2) is 23.0 Å². The number of fused-ring (bicyclic) bond motifs is 4. The zero-order valence-electron chi connectivity index (χ0n) is 17.7. The molecular weight excluding hydrogens is 445 g/mol. The SMILES string of the molecule is CCOP(C)(=O)CC(=O)[C@@]12C[C@@H]1[C@@H](n1cnc3c(N)nc(Cl)nc31)[C@@H]1OC(C)(C)O[C@@H]12. The average Bonchev–Trinajstić information content (AvgIpc) is 2.96. The molecule has 3 heterocycles. The van der Waals surface area contributed by atoms with Crippen LogP contribution in [0.5, 0.6) is 0 Å². The van der Waals surface area contributed by atoms with E-state index in [1.807, 2.05) is 18.4 Å². The number of anilines is 1. The summed E-state index contributed by atoms with van der Waals surface area (Å²) in [5, 5.41) is 0.0204. The summed E-state index contributed by atoms with van der Waals surface area (Å²) < 4.78 is 32.4. The molecule has 1 unspecified atom stereocenters. The third-order valence-electron chi connectivity index (χ3n) is 6.54. The number of nitrogens with two attached hydrogens (primary N) is 1. The topological polar surface area (TPSA) is 131 Å². The molecule has 2 aromatic heterocycles. The molecule has 3 fully saturated rings. The molecule has 0 bridgehead atoms. The van der Waals surface area contributed by atoms with E-state index in [9.17, 15) is 9.36 Å². The van der Waals surface area contributed by atoms with Crippen molar-refractivity contribution in [2.45, 2.75) is 51.2 Å². The largest absolute Gasteiger partial charge is 0.382 e. The van der Waals surface area contributed by atoms with Crippen molar-refractivity contribution in [3.8, 4) is 0 Å². The number of aromatic nitrogens is 4. The van der Waals surface area contributed by atoms with Crippen molar-refractivity contribution in [3.63, 3.8) is 0 Å². The first-order chi connectivity index (χ1) is 14.5. The van der Waals surface area contributed by atoms with E-state index in [0.29, 0.717) is 24.2 Å². The van der Waals surface area contributed by atoms with Gasteiger partial charge in [0.25, 0.3) is 0 Å². The lowest BCUT2D eigenvalue weighted by atomic mass is 9.95. The van der Waals surface area contributed by atoms with Gasteiger partial charge in [-0.1, -0.05) is 0 Å². The first kappa shape index (κ1) is 21.3. The fourth-order valence-corrected chi connectivity index (χ4v) is 7.04. The number of Topliss-reactive ketones (excluding diaryl/α,β-unsaturated/α-hetero) is 1. The van der Waals surface area contributed by atoms with Crippen LogP contribution in [0.3, 0.4) is 0 Å². The molecule has 0 spiro atoms. The van der Waals surface area contributed by atoms with Crippen molar-refractivity contribution in [1.82, 2.24) is 19.5 Å². The second-order valence-corrected chi connectivity index (χ2v) is 12.0. The molecule has 2 aromatic rings. The van der Waals surface area contributed by atoms with Crippen LogP contribution < -0.4 is 5.73 Å². The van der Waals surface area contributed by atoms with Crippen LogP contribution in [0.15, 0.2) is 6.33 Å². The number of ether oxygens (including phenoxy) is 2. The number of hydrogen-bond acceptors (Lipinski definition) is 9. The smallest absolute Gasteiger partial charge is 0.226 e. The summed E-state index contributed by atoms with van der Waals surface area (Å²) in [6.45, 7) is 7.21. The maximum Gasteiger partial charge on any atom is 0.226 e. The highest BCUT2D eigenvalue weighted by atomic mass is 35.5. The van der Waals surface area contributed by atoms with E-state index in [2.05, 4.69) is 15.0 Å². The Balaban J connectivity index is 1.56. The number of halogens is 1. The highest BCUT2D eigenvalue weighted by molar-refractivity contribution is 7.59. The van der Waals surface area contributed by atoms with Crippen LogP contribution >= 0.6 is 19.0 Å². The van der Waals surface area contributed by atoms with Crippen LogP contribution in [0.25, 0.3) is 11.2 Å². The Hall–Kier alpha value is -1.58. The monoisotopic (exact) mass is 469 g/mol. The number of imidazole rings is 1. The van der Waals surface area contributed by atoms with Crippen molar-refractivity contribution in [2.24, 2.45) is 11.3 Å². The van der Waals surface area contributed by atoms with E-state index >= 15 is 0 Å². The van der Waals surface area contributed by atoms with E-state index in [1.54, 1.807) is 13.3 Å². The predicted octanol–water partition coefficient (Wildman–Crippen LogP) is 2.66. The maximum atomic E-state index is 13.5. The Morgan fingerprint density at radius 2 is 2.16 bits per heavy atom. The molecule has 0 amide bonds. The van der Waals surface area contributed by atoms with Crippen LogP contribution in [-0.2, 0) is 23.4 Å². The van der Waals surface area contributed by atoms with E-state index in [-0.39, 0.29) is 35.0 Å². The van der Waals surface area contributed by atoms with Crippen LogP contribution in [0.4, 0.5) is 5.82 Å². The van der Waals surface area contributed by atoms with E-state index in [4.69, 9.17) is 31.3 Å². The minimum Gasteiger partial charge on any atom is -0.382 e.